The molecule has 0 atom stereocenters. The molecule has 90 valence electrons. The van der Waals surface area contributed by atoms with Crippen LogP contribution in [0.25, 0.3) is 0 Å². The maximum absolute atomic E-state index is 4.60. The number of rotatable bonds is 3. The Balaban J connectivity index is 2.04. The van der Waals surface area contributed by atoms with E-state index in [1.54, 1.807) is 11.3 Å². The molecule has 0 saturated heterocycles. The van der Waals surface area contributed by atoms with Gasteiger partial charge in [0.2, 0.25) is 0 Å². The summed E-state index contributed by atoms with van der Waals surface area (Å²) in [5.74, 6) is 0. The van der Waals surface area contributed by atoms with Crippen LogP contribution < -0.4 is 5.32 Å². The number of benzene rings is 1. The van der Waals surface area contributed by atoms with Crippen molar-refractivity contribution in [2.45, 2.75) is 27.2 Å². The van der Waals surface area contributed by atoms with Gasteiger partial charge in [-0.05, 0) is 24.0 Å². The van der Waals surface area contributed by atoms with Crippen LogP contribution in [0.15, 0.2) is 35.7 Å². The van der Waals surface area contributed by atoms with E-state index >= 15 is 0 Å². The molecule has 2 aromatic rings. The minimum atomic E-state index is 0.290. The van der Waals surface area contributed by atoms with Crippen molar-refractivity contribution in [1.82, 2.24) is 4.98 Å². The van der Waals surface area contributed by atoms with E-state index in [0.29, 0.717) is 0 Å². The molecule has 1 aromatic carbocycles. The van der Waals surface area contributed by atoms with Gasteiger partial charge in [-0.3, -0.25) is 0 Å². The number of aromatic nitrogens is 1. The van der Waals surface area contributed by atoms with Crippen LogP contribution in [0.2, 0.25) is 0 Å². The van der Waals surface area contributed by atoms with E-state index in [4.69, 9.17) is 0 Å². The zero-order valence-electron chi connectivity index (χ0n) is 10.5. The summed E-state index contributed by atoms with van der Waals surface area (Å²) in [7, 11) is 0. The molecule has 3 heteroatoms. The second kappa shape index (κ2) is 4.88. The van der Waals surface area contributed by atoms with Crippen LogP contribution in [-0.4, -0.2) is 4.98 Å². The van der Waals surface area contributed by atoms with E-state index in [1.165, 1.54) is 5.69 Å². The number of nitrogens with zero attached hydrogens (tertiary/aromatic N) is 1. The first kappa shape index (κ1) is 12.1. The summed E-state index contributed by atoms with van der Waals surface area (Å²) < 4.78 is 0. The molecule has 0 fully saturated rings. The molecule has 0 aliphatic rings. The second-order valence-electron chi connectivity index (χ2n) is 5.37. The molecule has 0 unspecified atom stereocenters. The maximum atomic E-state index is 4.60. The fraction of sp³-hybridized carbons (Fsp3) is 0.357. The number of anilines is 2. The first-order valence-corrected chi connectivity index (χ1v) is 6.67. The van der Waals surface area contributed by atoms with Gasteiger partial charge in [0.25, 0.3) is 0 Å². The van der Waals surface area contributed by atoms with Crippen molar-refractivity contribution >= 4 is 22.2 Å². The average Bonchev–Trinajstić information content (AvgIpc) is 2.64. The summed E-state index contributed by atoms with van der Waals surface area (Å²) in [6, 6.07) is 10.1. The standard InChI is InChI=1S/C14H18N2S/c1-14(2,3)9-12-10-17-13(16-12)15-11-7-5-4-6-8-11/h4-8,10H,9H2,1-3H3,(H,15,16). The topological polar surface area (TPSA) is 24.9 Å². The molecule has 0 bridgehead atoms. The minimum absolute atomic E-state index is 0.290. The summed E-state index contributed by atoms with van der Waals surface area (Å²) in [5.41, 5.74) is 2.54. The number of nitrogens with one attached hydrogen (secondary N) is 1. The van der Waals surface area contributed by atoms with E-state index in [0.717, 1.165) is 17.2 Å². The van der Waals surface area contributed by atoms with Crippen molar-refractivity contribution in [2.24, 2.45) is 5.41 Å². The Kier molecular flexibility index (Phi) is 3.48. The zero-order valence-corrected chi connectivity index (χ0v) is 11.3. The van der Waals surface area contributed by atoms with E-state index in [-0.39, 0.29) is 5.41 Å². The van der Waals surface area contributed by atoms with Gasteiger partial charge in [-0.1, -0.05) is 39.0 Å². The van der Waals surface area contributed by atoms with Crippen LogP contribution in [0.1, 0.15) is 26.5 Å². The van der Waals surface area contributed by atoms with Crippen molar-refractivity contribution in [3.8, 4) is 0 Å². The van der Waals surface area contributed by atoms with Crippen molar-refractivity contribution in [3.63, 3.8) is 0 Å². The van der Waals surface area contributed by atoms with Gasteiger partial charge in [0, 0.05) is 11.1 Å². The molecule has 0 aliphatic carbocycles. The third kappa shape index (κ3) is 3.86. The van der Waals surface area contributed by atoms with Crippen LogP contribution in [0.3, 0.4) is 0 Å². The number of thiazole rings is 1. The van der Waals surface area contributed by atoms with Gasteiger partial charge in [-0.15, -0.1) is 11.3 Å². The summed E-state index contributed by atoms with van der Waals surface area (Å²) in [6.07, 6.45) is 1.01. The predicted octanol–water partition coefficient (Wildman–Crippen LogP) is 4.48. The summed E-state index contributed by atoms with van der Waals surface area (Å²) >= 11 is 1.66. The number of hydrogen-bond acceptors (Lipinski definition) is 3. The van der Waals surface area contributed by atoms with Crippen molar-refractivity contribution in [2.75, 3.05) is 5.32 Å². The lowest BCUT2D eigenvalue weighted by Gasteiger charge is -2.15. The fourth-order valence-corrected chi connectivity index (χ4v) is 2.36. The van der Waals surface area contributed by atoms with Gasteiger partial charge < -0.3 is 5.32 Å². The van der Waals surface area contributed by atoms with Crippen molar-refractivity contribution in [3.05, 3.63) is 41.4 Å². The third-order valence-electron chi connectivity index (χ3n) is 2.29. The summed E-state index contributed by atoms with van der Waals surface area (Å²) in [4.78, 5) is 4.60. The highest BCUT2D eigenvalue weighted by Gasteiger charge is 2.13. The normalized spacial score (nSPS) is 11.5. The maximum Gasteiger partial charge on any atom is 0.187 e. The highest BCUT2D eigenvalue weighted by Crippen LogP contribution is 2.25. The molecule has 1 N–H and O–H groups in total. The number of hydrogen-bond donors (Lipinski definition) is 1. The van der Waals surface area contributed by atoms with Gasteiger partial charge in [0.1, 0.15) is 0 Å². The molecule has 17 heavy (non-hydrogen) atoms. The SMILES string of the molecule is CC(C)(C)Cc1csc(Nc2ccccc2)n1. The Labute approximate surface area is 107 Å². The highest BCUT2D eigenvalue weighted by molar-refractivity contribution is 7.13. The summed E-state index contributed by atoms with van der Waals surface area (Å²) in [5, 5.41) is 6.42. The smallest absolute Gasteiger partial charge is 0.187 e. The van der Waals surface area contributed by atoms with Gasteiger partial charge in [-0.2, -0.15) is 0 Å². The van der Waals surface area contributed by atoms with Gasteiger partial charge in [0.05, 0.1) is 5.69 Å². The van der Waals surface area contributed by atoms with Crippen LogP contribution in [0.4, 0.5) is 10.8 Å². The fourth-order valence-electron chi connectivity index (χ4n) is 1.63. The zero-order chi connectivity index (χ0) is 12.3. The Bertz CT molecular complexity index is 468. The lowest BCUT2D eigenvalue weighted by Crippen LogP contribution is -2.09. The average molecular weight is 246 g/mol. The molecular weight excluding hydrogens is 228 g/mol. The first-order chi connectivity index (χ1) is 8.03. The first-order valence-electron chi connectivity index (χ1n) is 5.79. The second-order valence-corrected chi connectivity index (χ2v) is 6.23. The highest BCUT2D eigenvalue weighted by atomic mass is 32.1. The van der Waals surface area contributed by atoms with Crippen LogP contribution in [0.5, 0.6) is 0 Å². The lowest BCUT2D eigenvalue weighted by atomic mass is 9.91. The monoisotopic (exact) mass is 246 g/mol. The lowest BCUT2D eigenvalue weighted by molar-refractivity contribution is 0.407. The predicted molar refractivity (Wildman–Crippen MR) is 75.0 cm³/mol. The number of para-hydroxylation sites is 1. The van der Waals surface area contributed by atoms with E-state index in [2.05, 4.69) is 36.5 Å². The molecule has 2 nitrogen and oxygen atoms in total. The Morgan fingerprint density at radius 3 is 2.53 bits per heavy atom. The van der Waals surface area contributed by atoms with Crippen molar-refractivity contribution in [1.29, 1.82) is 0 Å². The molecule has 1 heterocycles. The van der Waals surface area contributed by atoms with Crippen LogP contribution >= 0.6 is 11.3 Å². The molecule has 0 aliphatic heterocycles. The van der Waals surface area contributed by atoms with Gasteiger partial charge >= 0.3 is 0 Å². The van der Waals surface area contributed by atoms with E-state index < -0.39 is 0 Å². The molecule has 0 spiro atoms. The van der Waals surface area contributed by atoms with Gasteiger partial charge in [-0.25, -0.2) is 4.98 Å². The Morgan fingerprint density at radius 2 is 1.88 bits per heavy atom. The Morgan fingerprint density at radius 1 is 1.18 bits per heavy atom. The largest absolute Gasteiger partial charge is 0.332 e. The van der Waals surface area contributed by atoms with E-state index in [1.807, 2.05) is 30.3 Å². The summed E-state index contributed by atoms with van der Waals surface area (Å²) in [6.45, 7) is 6.70. The van der Waals surface area contributed by atoms with Gasteiger partial charge in [0.15, 0.2) is 5.13 Å². The molecule has 0 amide bonds. The van der Waals surface area contributed by atoms with Crippen LogP contribution in [-0.2, 0) is 6.42 Å². The Hall–Kier alpha value is -1.35. The molecule has 1 aromatic heterocycles. The quantitative estimate of drug-likeness (QED) is 0.864. The molecular formula is C14H18N2S. The van der Waals surface area contributed by atoms with Crippen molar-refractivity contribution < 1.29 is 0 Å². The van der Waals surface area contributed by atoms with Crippen LogP contribution in [0, 0.1) is 5.41 Å². The molecule has 2 rings (SSSR count). The minimum Gasteiger partial charge on any atom is -0.332 e. The molecule has 0 saturated carbocycles. The molecule has 0 radical (unpaired) electrons. The van der Waals surface area contributed by atoms with E-state index in [9.17, 15) is 0 Å². The third-order valence-corrected chi connectivity index (χ3v) is 3.09.